The summed E-state index contributed by atoms with van der Waals surface area (Å²) >= 11 is 0. The van der Waals surface area contributed by atoms with E-state index in [9.17, 15) is 13.5 Å². The molecule has 0 unspecified atom stereocenters. The lowest BCUT2D eigenvalue weighted by Crippen LogP contribution is -2.26. The topological polar surface area (TPSA) is 69.6 Å². The molecule has 2 rings (SSSR count). The third kappa shape index (κ3) is 3.96. The Kier molecular flexibility index (Phi) is 5.24. The van der Waals surface area contributed by atoms with Gasteiger partial charge in [-0.2, -0.15) is 0 Å². The third-order valence-electron chi connectivity index (χ3n) is 4.04. The van der Waals surface area contributed by atoms with Crippen LogP contribution in [0.25, 0.3) is 0 Å². The van der Waals surface area contributed by atoms with Gasteiger partial charge in [0.2, 0.25) is 10.0 Å². The van der Waals surface area contributed by atoms with Crippen molar-refractivity contribution in [1.82, 2.24) is 4.31 Å². The summed E-state index contributed by atoms with van der Waals surface area (Å²) in [5.41, 5.74) is 0.650. The highest BCUT2D eigenvalue weighted by Crippen LogP contribution is 2.27. The van der Waals surface area contributed by atoms with Gasteiger partial charge in [-0.05, 0) is 43.7 Å². The molecule has 2 N–H and O–H groups in total. The molecule has 0 aromatic heterocycles. The van der Waals surface area contributed by atoms with Crippen molar-refractivity contribution in [1.29, 1.82) is 0 Å². The van der Waals surface area contributed by atoms with Crippen LogP contribution >= 0.6 is 0 Å². The van der Waals surface area contributed by atoms with Crippen molar-refractivity contribution in [3.8, 4) is 0 Å². The molecular formula is C15H24N2O3S. The molecular weight excluding hydrogens is 288 g/mol. The number of hydrogen-bond acceptors (Lipinski definition) is 4. The summed E-state index contributed by atoms with van der Waals surface area (Å²) in [5.74, 6) is 0.489. The summed E-state index contributed by atoms with van der Waals surface area (Å²) in [6.45, 7) is 0.743. The van der Waals surface area contributed by atoms with E-state index in [4.69, 9.17) is 0 Å². The van der Waals surface area contributed by atoms with Crippen LogP contribution in [0.15, 0.2) is 29.2 Å². The molecule has 0 spiro atoms. The zero-order valence-corrected chi connectivity index (χ0v) is 13.4. The highest BCUT2D eigenvalue weighted by atomic mass is 32.2. The normalized spacial score (nSPS) is 23.2. The summed E-state index contributed by atoms with van der Waals surface area (Å²) in [4.78, 5) is 0.311. The van der Waals surface area contributed by atoms with Crippen molar-refractivity contribution in [3.05, 3.63) is 24.3 Å². The number of aliphatic hydroxyl groups excluding tert-OH is 1. The van der Waals surface area contributed by atoms with Crippen molar-refractivity contribution in [2.24, 2.45) is 5.92 Å². The molecule has 5 nitrogen and oxygen atoms in total. The van der Waals surface area contributed by atoms with Gasteiger partial charge in [0.1, 0.15) is 4.90 Å². The van der Waals surface area contributed by atoms with E-state index in [1.807, 2.05) is 6.07 Å². The fourth-order valence-electron chi connectivity index (χ4n) is 2.64. The monoisotopic (exact) mass is 312 g/mol. The first-order valence-corrected chi connectivity index (χ1v) is 8.78. The number of anilines is 1. The van der Waals surface area contributed by atoms with Gasteiger partial charge in [-0.25, -0.2) is 12.7 Å². The maximum Gasteiger partial charge on any atom is 0.244 e. The predicted molar refractivity (Wildman–Crippen MR) is 83.8 cm³/mol. The molecule has 0 amide bonds. The van der Waals surface area contributed by atoms with Gasteiger partial charge in [0.25, 0.3) is 0 Å². The molecule has 21 heavy (non-hydrogen) atoms. The molecule has 6 heteroatoms. The Morgan fingerprint density at radius 1 is 1.19 bits per heavy atom. The second-order valence-electron chi connectivity index (χ2n) is 5.84. The van der Waals surface area contributed by atoms with Gasteiger partial charge in [-0.1, -0.05) is 12.1 Å². The lowest BCUT2D eigenvalue weighted by Gasteiger charge is -2.26. The number of rotatable bonds is 5. The van der Waals surface area contributed by atoms with Gasteiger partial charge >= 0.3 is 0 Å². The molecule has 1 aromatic carbocycles. The number of hydrogen-bond donors (Lipinski definition) is 2. The van der Waals surface area contributed by atoms with Crippen LogP contribution in [0.1, 0.15) is 25.7 Å². The van der Waals surface area contributed by atoms with E-state index >= 15 is 0 Å². The Morgan fingerprint density at radius 3 is 2.43 bits per heavy atom. The molecule has 1 aromatic rings. The average Bonchev–Trinajstić information content (AvgIpc) is 2.47. The fraction of sp³-hybridized carbons (Fsp3) is 0.600. The summed E-state index contributed by atoms with van der Waals surface area (Å²) in [5, 5.41) is 12.8. The Morgan fingerprint density at radius 2 is 1.81 bits per heavy atom. The van der Waals surface area contributed by atoms with E-state index < -0.39 is 10.0 Å². The van der Waals surface area contributed by atoms with Gasteiger partial charge in [0.15, 0.2) is 0 Å². The number of aliphatic hydroxyl groups is 1. The second kappa shape index (κ2) is 6.77. The van der Waals surface area contributed by atoms with Crippen LogP contribution < -0.4 is 5.32 Å². The van der Waals surface area contributed by atoms with Crippen LogP contribution in [0.2, 0.25) is 0 Å². The van der Waals surface area contributed by atoms with Crippen LogP contribution in [0.5, 0.6) is 0 Å². The van der Waals surface area contributed by atoms with Gasteiger partial charge in [-0.15, -0.1) is 0 Å². The average molecular weight is 312 g/mol. The van der Waals surface area contributed by atoms with Gasteiger partial charge < -0.3 is 10.4 Å². The summed E-state index contributed by atoms with van der Waals surface area (Å²) < 4.78 is 25.8. The van der Waals surface area contributed by atoms with Crippen LogP contribution in [0.4, 0.5) is 5.69 Å². The minimum atomic E-state index is -3.44. The van der Waals surface area contributed by atoms with E-state index in [1.54, 1.807) is 18.2 Å². The van der Waals surface area contributed by atoms with Crippen molar-refractivity contribution in [2.45, 2.75) is 36.7 Å². The van der Waals surface area contributed by atoms with Crippen LogP contribution in [-0.2, 0) is 10.0 Å². The predicted octanol–water partition coefficient (Wildman–Crippen LogP) is 1.90. The van der Waals surface area contributed by atoms with Gasteiger partial charge in [-0.3, -0.25) is 0 Å². The Hall–Kier alpha value is -1.11. The Balaban J connectivity index is 2.07. The van der Waals surface area contributed by atoms with Gasteiger partial charge in [0, 0.05) is 20.6 Å². The molecule has 1 aliphatic carbocycles. The summed E-state index contributed by atoms with van der Waals surface area (Å²) in [7, 11) is -0.366. The molecule has 0 saturated heterocycles. The third-order valence-corrected chi connectivity index (χ3v) is 5.92. The maximum absolute atomic E-state index is 12.3. The lowest BCUT2D eigenvalue weighted by molar-refractivity contribution is 0.111. The van der Waals surface area contributed by atoms with E-state index in [1.165, 1.54) is 18.4 Å². The molecule has 0 radical (unpaired) electrons. The lowest BCUT2D eigenvalue weighted by atomic mass is 9.87. The number of sulfonamides is 1. The minimum Gasteiger partial charge on any atom is -0.393 e. The zero-order chi connectivity index (χ0) is 15.5. The van der Waals surface area contributed by atoms with Crippen molar-refractivity contribution < 1.29 is 13.5 Å². The highest BCUT2D eigenvalue weighted by Gasteiger charge is 2.22. The smallest absolute Gasteiger partial charge is 0.244 e. The molecule has 118 valence electrons. The van der Waals surface area contributed by atoms with Crippen LogP contribution in [0.3, 0.4) is 0 Å². The molecule has 0 atom stereocenters. The van der Waals surface area contributed by atoms with E-state index in [0.29, 0.717) is 16.5 Å². The molecule has 1 saturated carbocycles. The van der Waals surface area contributed by atoms with Crippen molar-refractivity contribution in [3.63, 3.8) is 0 Å². The fourth-order valence-corrected chi connectivity index (χ4v) is 3.70. The van der Waals surface area contributed by atoms with Crippen molar-refractivity contribution in [2.75, 3.05) is 26.0 Å². The molecule has 1 fully saturated rings. The molecule has 0 heterocycles. The van der Waals surface area contributed by atoms with Crippen LogP contribution in [-0.4, -0.2) is 44.6 Å². The first-order chi connectivity index (χ1) is 9.91. The number of benzene rings is 1. The summed E-state index contributed by atoms with van der Waals surface area (Å²) in [6.07, 6.45) is 3.48. The SMILES string of the molecule is CN(C)S(=O)(=O)c1ccccc1NCC1CCC(O)CC1. The van der Waals surface area contributed by atoms with Crippen molar-refractivity contribution >= 4 is 15.7 Å². The van der Waals surface area contributed by atoms with E-state index in [2.05, 4.69) is 5.32 Å². The maximum atomic E-state index is 12.3. The minimum absolute atomic E-state index is 0.164. The Labute approximate surface area is 127 Å². The Bertz CT molecular complexity index is 564. The number of nitrogens with zero attached hydrogens (tertiary/aromatic N) is 1. The standard InChI is InChI=1S/C15H24N2O3S/c1-17(2)21(19,20)15-6-4-3-5-14(15)16-11-12-7-9-13(18)10-8-12/h3-6,12-13,16,18H,7-11H2,1-2H3. The first kappa shape index (κ1) is 16.3. The summed E-state index contributed by atoms with van der Waals surface area (Å²) in [6, 6.07) is 7.00. The largest absolute Gasteiger partial charge is 0.393 e. The zero-order valence-electron chi connectivity index (χ0n) is 12.6. The first-order valence-electron chi connectivity index (χ1n) is 7.34. The molecule has 1 aliphatic rings. The quantitative estimate of drug-likeness (QED) is 0.871. The molecule has 0 bridgehead atoms. The number of nitrogens with one attached hydrogen (secondary N) is 1. The highest BCUT2D eigenvalue weighted by molar-refractivity contribution is 7.89. The van der Waals surface area contributed by atoms with E-state index in [-0.39, 0.29) is 6.10 Å². The van der Waals surface area contributed by atoms with Gasteiger partial charge in [0.05, 0.1) is 11.8 Å². The second-order valence-corrected chi connectivity index (χ2v) is 7.96. The van der Waals surface area contributed by atoms with E-state index in [0.717, 1.165) is 32.2 Å². The number of para-hydroxylation sites is 1. The van der Waals surface area contributed by atoms with Crippen LogP contribution in [0, 0.1) is 5.92 Å². The molecule has 0 aliphatic heterocycles.